The number of hydrogen-bond acceptors (Lipinski definition) is 5. The minimum absolute atomic E-state index is 0.253. The average Bonchev–Trinajstić information content (AvgIpc) is 2.29. The summed E-state index contributed by atoms with van der Waals surface area (Å²) in [5, 5.41) is 2.24. The second-order valence-electron chi connectivity index (χ2n) is 3.11. The Hall–Kier alpha value is -1.88. The molecule has 0 aliphatic rings. The van der Waals surface area contributed by atoms with Crippen molar-refractivity contribution in [3.05, 3.63) is 40.0 Å². The maximum Gasteiger partial charge on any atom is 0.314 e. The van der Waals surface area contributed by atoms with Crippen LogP contribution in [0.2, 0.25) is 0 Å². The Labute approximate surface area is 96.3 Å². The number of aromatic nitrogens is 1. The molecular weight excluding hydrogens is 224 g/mol. The molecule has 0 saturated carbocycles. The van der Waals surface area contributed by atoms with Gasteiger partial charge in [-0.2, -0.15) is 4.98 Å². The Morgan fingerprint density at radius 1 is 1.38 bits per heavy atom. The third-order valence-electron chi connectivity index (χ3n) is 2.10. The van der Waals surface area contributed by atoms with Crippen molar-refractivity contribution in [3.8, 4) is 16.3 Å². The van der Waals surface area contributed by atoms with Gasteiger partial charge in [0.25, 0.3) is 0 Å². The first-order valence-corrected chi connectivity index (χ1v) is 5.49. The van der Waals surface area contributed by atoms with E-state index >= 15 is 0 Å². The van der Waals surface area contributed by atoms with Gasteiger partial charge in [-0.15, -0.1) is 11.3 Å². The van der Waals surface area contributed by atoms with Crippen LogP contribution in [0.4, 0.5) is 5.69 Å². The molecular formula is C11H10N2O2S. The zero-order valence-corrected chi connectivity index (χ0v) is 9.45. The molecule has 0 amide bonds. The highest BCUT2D eigenvalue weighted by atomic mass is 32.1. The Morgan fingerprint density at radius 3 is 2.75 bits per heavy atom. The molecule has 4 nitrogen and oxygen atoms in total. The fraction of sp³-hybridized carbons (Fsp3) is 0.0909. The number of anilines is 1. The molecule has 1 aromatic heterocycles. The molecule has 1 heterocycles. The molecule has 5 heteroatoms. The van der Waals surface area contributed by atoms with E-state index in [0.29, 0.717) is 10.7 Å². The van der Waals surface area contributed by atoms with Crippen molar-refractivity contribution in [1.82, 2.24) is 4.98 Å². The second-order valence-corrected chi connectivity index (χ2v) is 3.97. The molecule has 2 aromatic rings. The molecule has 0 fully saturated rings. The van der Waals surface area contributed by atoms with Gasteiger partial charge in [0.05, 0.1) is 7.11 Å². The lowest BCUT2D eigenvalue weighted by Crippen LogP contribution is -2.08. The first-order chi connectivity index (χ1) is 7.72. The summed E-state index contributed by atoms with van der Waals surface area (Å²) in [6, 6.07) is 7.30. The molecule has 2 rings (SSSR count). The van der Waals surface area contributed by atoms with Gasteiger partial charge in [-0.05, 0) is 12.1 Å². The summed E-state index contributed by atoms with van der Waals surface area (Å²) in [5.74, 6) is 0.253. The molecule has 0 aliphatic carbocycles. The number of nitrogens with zero attached hydrogens (tertiary/aromatic N) is 1. The van der Waals surface area contributed by atoms with Gasteiger partial charge >= 0.3 is 5.56 Å². The van der Waals surface area contributed by atoms with Crippen molar-refractivity contribution in [2.45, 2.75) is 0 Å². The van der Waals surface area contributed by atoms with Crippen LogP contribution in [-0.2, 0) is 0 Å². The smallest absolute Gasteiger partial charge is 0.314 e. The highest BCUT2D eigenvalue weighted by Gasteiger charge is 2.07. The lowest BCUT2D eigenvalue weighted by molar-refractivity contribution is 0.410. The van der Waals surface area contributed by atoms with Crippen LogP contribution < -0.4 is 16.0 Å². The summed E-state index contributed by atoms with van der Waals surface area (Å²) in [6.07, 6.45) is 0. The van der Waals surface area contributed by atoms with E-state index in [4.69, 9.17) is 10.5 Å². The highest BCUT2D eigenvalue weighted by Crippen LogP contribution is 2.26. The lowest BCUT2D eigenvalue weighted by atomic mass is 10.2. The largest absolute Gasteiger partial charge is 0.490 e. The molecule has 0 saturated heterocycles. The Kier molecular flexibility index (Phi) is 2.87. The predicted octanol–water partition coefficient (Wildman–Crippen LogP) is 1.76. The zero-order valence-electron chi connectivity index (χ0n) is 8.64. The standard InChI is InChI=1S/C11H10N2O2S/c1-15-9-6-16-11(13-10(9)14)7-4-2-3-5-8(7)12/h2-6H,12H2,1H3. The van der Waals surface area contributed by atoms with Gasteiger partial charge in [-0.1, -0.05) is 12.1 Å². The quantitative estimate of drug-likeness (QED) is 0.804. The molecule has 0 bridgehead atoms. The van der Waals surface area contributed by atoms with Crippen molar-refractivity contribution >= 4 is 17.0 Å². The van der Waals surface area contributed by atoms with E-state index in [1.165, 1.54) is 18.4 Å². The van der Waals surface area contributed by atoms with Crippen LogP contribution in [0, 0.1) is 0 Å². The molecule has 0 radical (unpaired) electrons. The number of para-hydroxylation sites is 1. The highest BCUT2D eigenvalue weighted by molar-refractivity contribution is 7.13. The van der Waals surface area contributed by atoms with Gasteiger partial charge in [0.1, 0.15) is 5.01 Å². The Bertz CT molecular complexity index is 566. The van der Waals surface area contributed by atoms with Crippen molar-refractivity contribution in [1.29, 1.82) is 0 Å². The van der Waals surface area contributed by atoms with E-state index in [1.807, 2.05) is 18.2 Å². The molecule has 0 unspecified atom stereocenters. The number of methoxy groups -OCH3 is 1. The van der Waals surface area contributed by atoms with E-state index in [9.17, 15) is 4.79 Å². The van der Waals surface area contributed by atoms with Crippen LogP contribution in [0.25, 0.3) is 10.6 Å². The van der Waals surface area contributed by atoms with Gasteiger partial charge in [-0.3, -0.25) is 4.79 Å². The maximum absolute atomic E-state index is 11.5. The number of ether oxygens (including phenoxy) is 1. The first kappa shape index (κ1) is 10.6. The minimum Gasteiger partial charge on any atom is -0.490 e. The van der Waals surface area contributed by atoms with Crippen LogP contribution in [0.5, 0.6) is 5.75 Å². The second kappa shape index (κ2) is 4.32. The lowest BCUT2D eigenvalue weighted by Gasteiger charge is -2.03. The van der Waals surface area contributed by atoms with E-state index < -0.39 is 0 Å². The Morgan fingerprint density at radius 2 is 2.12 bits per heavy atom. The molecule has 82 valence electrons. The molecule has 0 spiro atoms. The summed E-state index contributed by atoms with van der Waals surface area (Å²) in [7, 11) is 1.45. The van der Waals surface area contributed by atoms with E-state index in [2.05, 4.69) is 4.98 Å². The normalized spacial score (nSPS) is 10.1. The molecule has 2 N–H and O–H groups in total. The monoisotopic (exact) mass is 234 g/mol. The molecule has 1 aromatic carbocycles. The van der Waals surface area contributed by atoms with Crippen LogP contribution in [-0.4, -0.2) is 12.1 Å². The summed E-state index contributed by atoms with van der Waals surface area (Å²) in [6.45, 7) is 0. The van der Waals surface area contributed by atoms with E-state index in [-0.39, 0.29) is 11.3 Å². The Balaban J connectivity index is 2.54. The molecule has 0 aliphatic heterocycles. The van der Waals surface area contributed by atoms with Crippen molar-refractivity contribution < 1.29 is 4.74 Å². The van der Waals surface area contributed by atoms with Crippen molar-refractivity contribution in [2.75, 3.05) is 12.8 Å². The van der Waals surface area contributed by atoms with E-state index in [0.717, 1.165) is 5.56 Å². The first-order valence-electron chi connectivity index (χ1n) is 4.61. The summed E-state index contributed by atoms with van der Waals surface area (Å²) < 4.78 is 4.87. The SMILES string of the molecule is COc1csc(-c2ccccc2N)nc1=O. The summed E-state index contributed by atoms with van der Waals surface area (Å²) in [4.78, 5) is 15.4. The molecule has 16 heavy (non-hydrogen) atoms. The average molecular weight is 234 g/mol. The van der Waals surface area contributed by atoms with Crippen molar-refractivity contribution in [3.63, 3.8) is 0 Å². The summed E-state index contributed by atoms with van der Waals surface area (Å²) >= 11 is 1.33. The van der Waals surface area contributed by atoms with Gasteiger partial charge < -0.3 is 10.5 Å². The summed E-state index contributed by atoms with van der Waals surface area (Å²) in [5.41, 5.74) is 6.81. The number of nitrogen functional groups attached to an aromatic ring is 1. The molecule has 0 atom stereocenters. The number of rotatable bonds is 2. The van der Waals surface area contributed by atoms with Crippen LogP contribution in [0.1, 0.15) is 0 Å². The van der Waals surface area contributed by atoms with Gasteiger partial charge in [-0.25, -0.2) is 0 Å². The topological polar surface area (TPSA) is 65.2 Å². The van der Waals surface area contributed by atoms with Crippen LogP contribution in [0.15, 0.2) is 34.4 Å². The van der Waals surface area contributed by atoms with Crippen LogP contribution >= 0.6 is 11.3 Å². The van der Waals surface area contributed by atoms with Gasteiger partial charge in [0, 0.05) is 16.6 Å². The van der Waals surface area contributed by atoms with Gasteiger partial charge in [0.2, 0.25) is 0 Å². The maximum atomic E-state index is 11.5. The third kappa shape index (κ3) is 1.90. The third-order valence-corrected chi connectivity index (χ3v) is 2.97. The van der Waals surface area contributed by atoms with E-state index in [1.54, 1.807) is 11.4 Å². The predicted molar refractivity (Wildman–Crippen MR) is 64.8 cm³/mol. The number of nitrogens with two attached hydrogens (primary N) is 1. The fourth-order valence-electron chi connectivity index (χ4n) is 1.28. The minimum atomic E-state index is -0.375. The fourth-order valence-corrected chi connectivity index (χ4v) is 2.15. The van der Waals surface area contributed by atoms with Gasteiger partial charge in [0.15, 0.2) is 5.75 Å². The van der Waals surface area contributed by atoms with Crippen molar-refractivity contribution in [2.24, 2.45) is 0 Å². The zero-order chi connectivity index (χ0) is 11.5. The number of benzene rings is 1. The van der Waals surface area contributed by atoms with Crippen LogP contribution in [0.3, 0.4) is 0 Å². The number of hydrogen-bond donors (Lipinski definition) is 1.